The Morgan fingerprint density at radius 2 is 1.86 bits per heavy atom. The molecule has 0 amide bonds. The highest BCUT2D eigenvalue weighted by Crippen LogP contribution is 2.36. The first kappa shape index (κ1) is 15.3. The van der Waals surface area contributed by atoms with E-state index in [4.69, 9.17) is 21.1 Å². The van der Waals surface area contributed by atoms with Gasteiger partial charge in [-0.15, -0.1) is 0 Å². The van der Waals surface area contributed by atoms with Gasteiger partial charge in [0.25, 0.3) is 0 Å². The lowest BCUT2D eigenvalue weighted by atomic mass is 10.2. The molecule has 0 atom stereocenters. The summed E-state index contributed by atoms with van der Waals surface area (Å²) in [6.45, 7) is 0.227. The van der Waals surface area contributed by atoms with Gasteiger partial charge in [0.05, 0.1) is 24.9 Å². The van der Waals surface area contributed by atoms with Crippen LogP contribution in [0.3, 0.4) is 0 Å². The fourth-order valence-electron chi connectivity index (χ4n) is 1.88. The van der Waals surface area contributed by atoms with Crippen LogP contribution in [0.4, 0.5) is 10.1 Å². The van der Waals surface area contributed by atoms with E-state index in [1.54, 1.807) is 12.1 Å². The van der Waals surface area contributed by atoms with Gasteiger partial charge in [-0.2, -0.15) is 0 Å². The Balaban J connectivity index is 2.24. The Bertz CT molecular complexity index is 649. The van der Waals surface area contributed by atoms with Gasteiger partial charge in [0.2, 0.25) is 0 Å². The summed E-state index contributed by atoms with van der Waals surface area (Å²) < 4.78 is 23.6. The zero-order valence-electron chi connectivity index (χ0n) is 11.6. The molecule has 0 saturated carbocycles. The van der Waals surface area contributed by atoms with Crippen molar-refractivity contribution in [3.05, 3.63) is 46.7 Å². The maximum absolute atomic E-state index is 13.2. The molecule has 0 spiro atoms. The molecule has 0 heterocycles. The maximum atomic E-state index is 13.2. The van der Waals surface area contributed by atoms with Crippen molar-refractivity contribution in [2.45, 2.75) is 6.54 Å². The molecule has 0 aliphatic carbocycles. The lowest BCUT2D eigenvalue weighted by Crippen LogP contribution is -2.03. The number of aromatic hydroxyl groups is 1. The third kappa shape index (κ3) is 3.49. The van der Waals surface area contributed by atoms with Crippen LogP contribution in [0.2, 0.25) is 5.02 Å². The molecule has 0 saturated heterocycles. The van der Waals surface area contributed by atoms with Gasteiger partial charge >= 0.3 is 0 Å². The van der Waals surface area contributed by atoms with Crippen molar-refractivity contribution in [3.8, 4) is 17.2 Å². The first-order valence-electron chi connectivity index (χ1n) is 6.18. The molecule has 0 aromatic heterocycles. The van der Waals surface area contributed by atoms with Crippen LogP contribution >= 0.6 is 11.6 Å². The molecular formula is C15H15ClFNO3. The minimum Gasteiger partial charge on any atom is -0.508 e. The van der Waals surface area contributed by atoms with E-state index in [1.807, 2.05) is 0 Å². The van der Waals surface area contributed by atoms with Crippen molar-refractivity contribution in [1.29, 1.82) is 0 Å². The van der Waals surface area contributed by atoms with Gasteiger partial charge in [-0.25, -0.2) is 4.39 Å². The standard InChI is InChI=1S/C15H15ClFNO3/c1-20-14-7-12(15(21-2)6-11(14)16)18-8-9-5-10(17)3-4-13(9)19/h3-7,18-19H,8H2,1-2H3. The second kappa shape index (κ2) is 6.54. The number of hydrogen-bond donors (Lipinski definition) is 2. The predicted molar refractivity (Wildman–Crippen MR) is 79.9 cm³/mol. The Morgan fingerprint density at radius 1 is 1.14 bits per heavy atom. The number of benzene rings is 2. The monoisotopic (exact) mass is 311 g/mol. The van der Waals surface area contributed by atoms with E-state index in [9.17, 15) is 9.50 Å². The topological polar surface area (TPSA) is 50.7 Å². The molecule has 0 fully saturated rings. The normalized spacial score (nSPS) is 10.3. The number of phenolic OH excluding ortho intramolecular Hbond substituents is 1. The van der Waals surface area contributed by atoms with Crippen molar-refractivity contribution in [3.63, 3.8) is 0 Å². The van der Waals surface area contributed by atoms with Gasteiger partial charge in [-0.3, -0.25) is 0 Å². The Hall–Kier alpha value is -2.14. The summed E-state index contributed by atoms with van der Waals surface area (Å²) in [6.07, 6.45) is 0. The van der Waals surface area contributed by atoms with E-state index in [1.165, 1.54) is 32.4 Å². The SMILES string of the molecule is COc1cc(NCc2cc(F)ccc2O)c(OC)cc1Cl. The largest absolute Gasteiger partial charge is 0.508 e. The van der Waals surface area contributed by atoms with E-state index >= 15 is 0 Å². The average Bonchev–Trinajstić information content (AvgIpc) is 2.48. The molecule has 0 bridgehead atoms. The molecule has 21 heavy (non-hydrogen) atoms. The van der Waals surface area contributed by atoms with Crippen LogP contribution in [0.5, 0.6) is 17.2 Å². The number of phenols is 1. The first-order valence-corrected chi connectivity index (χ1v) is 6.55. The smallest absolute Gasteiger partial charge is 0.143 e. The molecule has 112 valence electrons. The van der Waals surface area contributed by atoms with Crippen molar-refractivity contribution < 1.29 is 19.0 Å². The van der Waals surface area contributed by atoms with Gasteiger partial charge in [0.15, 0.2) is 0 Å². The number of halogens is 2. The van der Waals surface area contributed by atoms with Crippen LogP contribution in [0.25, 0.3) is 0 Å². The van der Waals surface area contributed by atoms with Crippen LogP contribution in [0.15, 0.2) is 30.3 Å². The van der Waals surface area contributed by atoms with Gasteiger partial charge in [-0.05, 0) is 18.2 Å². The fraction of sp³-hybridized carbons (Fsp3) is 0.200. The Morgan fingerprint density at radius 3 is 2.52 bits per heavy atom. The number of methoxy groups -OCH3 is 2. The second-order valence-electron chi connectivity index (χ2n) is 4.31. The van der Waals surface area contributed by atoms with Gasteiger partial charge in [0.1, 0.15) is 23.1 Å². The average molecular weight is 312 g/mol. The van der Waals surface area contributed by atoms with E-state index in [0.717, 1.165) is 0 Å². The number of rotatable bonds is 5. The van der Waals surface area contributed by atoms with Crippen LogP contribution in [-0.4, -0.2) is 19.3 Å². The quantitative estimate of drug-likeness (QED) is 0.881. The molecule has 0 aliphatic heterocycles. The summed E-state index contributed by atoms with van der Waals surface area (Å²) in [5.41, 5.74) is 1.06. The third-order valence-electron chi connectivity index (χ3n) is 2.98. The van der Waals surface area contributed by atoms with Crippen molar-refractivity contribution >= 4 is 17.3 Å². The van der Waals surface area contributed by atoms with E-state index in [0.29, 0.717) is 27.8 Å². The number of anilines is 1. The molecule has 2 N–H and O–H groups in total. The molecule has 0 radical (unpaired) electrons. The minimum atomic E-state index is -0.412. The van der Waals surface area contributed by atoms with Crippen LogP contribution < -0.4 is 14.8 Å². The molecule has 4 nitrogen and oxygen atoms in total. The molecule has 0 aliphatic rings. The molecule has 0 unspecified atom stereocenters. The lowest BCUT2D eigenvalue weighted by Gasteiger charge is -2.14. The zero-order valence-corrected chi connectivity index (χ0v) is 12.4. The van der Waals surface area contributed by atoms with Crippen molar-refractivity contribution in [2.75, 3.05) is 19.5 Å². The van der Waals surface area contributed by atoms with Gasteiger partial charge < -0.3 is 19.9 Å². The summed E-state index contributed by atoms with van der Waals surface area (Å²) in [4.78, 5) is 0. The lowest BCUT2D eigenvalue weighted by molar-refractivity contribution is 0.404. The highest BCUT2D eigenvalue weighted by Gasteiger charge is 2.11. The summed E-state index contributed by atoms with van der Waals surface area (Å²) >= 11 is 6.02. The number of ether oxygens (including phenoxy) is 2. The van der Waals surface area contributed by atoms with Gasteiger partial charge in [0, 0.05) is 24.2 Å². The molecule has 2 aromatic carbocycles. The Labute approximate surface area is 127 Å². The Kier molecular flexibility index (Phi) is 4.75. The zero-order chi connectivity index (χ0) is 15.4. The summed E-state index contributed by atoms with van der Waals surface area (Å²) in [7, 11) is 3.03. The molecular weight excluding hydrogens is 297 g/mol. The summed E-state index contributed by atoms with van der Waals surface area (Å²) in [5, 5.41) is 13.2. The highest BCUT2D eigenvalue weighted by molar-refractivity contribution is 6.32. The van der Waals surface area contributed by atoms with Crippen molar-refractivity contribution in [1.82, 2.24) is 0 Å². The number of hydrogen-bond acceptors (Lipinski definition) is 4. The van der Waals surface area contributed by atoms with Crippen LogP contribution in [-0.2, 0) is 6.54 Å². The highest BCUT2D eigenvalue weighted by atomic mass is 35.5. The van der Waals surface area contributed by atoms with Crippen LogP contribution in [0.1, 0.15) is 5.56 Å². The van der Waals surface area contributed by atoms with E-state index in [2.05, 4.69) is 5.32 Å². The van der Waals surface area contributed by atoms with E-state index < -0.39 is 5.82 Å². The molecule has 2 aromatic rings. The molecule has 2 rings (SSSR count). The first-order chi connectivity index (χ1) is 10.0. The maximum Gasteiger partial charge on any atom is 0.143 e. The third-order valence-corrected chi connectivity index (χ3v) is 3.28. The predicted octanol–water partition coefficient (Wildman–Crippen LogP) is 3.81. The summed E-state index contributed by atoms with van der Waals surface area (Å²) in [5.74, 6) is 0.620. The van der Waals surface area contributed by atoms with Crippen molar-refractivity contribution in [2.24, 2.45) is 0 Å². The fourth-order valence-corrected chi connectivity index (χ4v) is 2.12. The van der Waals surface area contributed by atoms with Crippen LogP contribution in [0, 0.1) is 5.82 Å². The molecule has 6 heteroatoms. The summed E-state index contributed by atoms with van der Waals surface area (Å²) in [6, 6.07) is 7.07. The minimum absolute atomic E-state index is 0.0174. The van der Waals surface area contributed by atoms with E-state index in [-0.39, 0.29) is 12.3 Å². The van der Waals surface area contributed by atoms with Gasteiger partial charge in [-0.1, -0.05) is 11.6 Å². The number of nitrogens with one attached hydrogen (secondary N) is 1. The second-order valence-corrected chi connectivity index (χ2v) is 4.72.